The monoisotopic (exact) mass is 237 g/mol. The van der Waals surface area contributed by atoms with Crippen molar-refractivity contribution in [1.82, 2.24) is 4.98 Å². The molecule has 0 spiro atoms. The van der Waals surface area contributed by atoms with Gasteiger partial charge < -0.3 is 15.8 Å². The largest absolute Gasteiger partial charge is 0.466 e. The molecule has 3 N–H and O–H groups in total. The number of nitrogens with two attached hydrogens (primary N) is 1. The minimum atomic E-state index is -0.167. The summed E-state index contributed by atoms with van der Waals surface area (Å²) in [5.74, 6) is 0.508. The van der Waals surface area contributed by atoms with E-state index in [0.29, 0.717) is 37.5 Å². The summed E-state index contributed by atoms with van der Waals surface area (Å²) in [6, 6.07) is 3.68. The van der Waals surface area contributed by atoms with Gasteiger partial charge in [-0.2, -0.15) is 0 Å². The van der Waals surface area contributed by atoms with Crippen molar-refractivity contribution in [3.63, 3.8) is 0 Å². The van der Waals surface area contributed by atoms with E-state index in [1.807, 2.05) is 19.1 Å². The number of aryl methyl sites for hydroxylation is 1. The van der Waals surface area contributed by atoms with Crippen LogP contribution in [0.4, 0.5) is 11.5 Å². The first-order chi connectivity index (χ1) is 8.13. The van der Waals surface area contributed by atoms with E-state index in [0.717, 1.165) is 5.69 Å². The maximum atomic E-state index is 11.1. The normalized spacial score (nSPS) is 10.0. The lowest BCUT2D eigenvalue weighted by molar-refractivity contribution is -0.143. The summed E-state index contributed by atoms with van der Waals surface area (Å²) in [6.07, 6.45) is 1.11. The third-order valence-electron chi connectivity index (χ3n) is 2.22. The number of nitrogen functional groups attached to an aromatic ring is 1. The van der Waals surface area contributed by atoms with Gasteiger partial charge in [0.15, 0.2) is 0 Å². The Morgan fingerprint density at radius 1 is 1.53 bits per heavy atom. The number of hydrogen-bond acceptors (Lipinski definition) is 5. The summed E-state index contributed by atoms with van der Waals surface area (Å²) in [6.45, 7) is 4.79. The molecule has 0 aromatic carbocycles. The summed E-state index contributed by atoms with van der Waals surface area (Å²) in [5, 5.41) is 3.11. The van der Waals surface area contributed by atoms with Crippen LogP contribution in [-0.4, -0.2) is 24.1 Å². The van der Waals surface area contributed by atoms with Gasteiger partial charge in [0.05, 0.1) is 12.3 Å². The molecule has 0 unspecified atom stereocenters. The van der Waals surface area contributed by atoms with Crippen LogP contribution in [-0.2, 0) is 9.53 Å². The fourth-order valence-electron chi connectivity index (χ4n) is 1.38. The molecule has 0 amide bonds. The molecular formula is C12H19N3O2. The van der Waals surface area contributed by atoms with Crippen molar-refractivity contribution in [3.05, 3.63) is 17.8 Å². The van der Waals surface area contributed by atoms with E-state index in [4.69, 9.17) is 10.5 Å². The van der Waals surface area contributed by atoms with Crippen molar-refractivity contribution in [2.75, 3.05) is 24.2 Å². The summed E-state index contributed by atoms with van der Waals surface area (Å²) in [7, 11) is 0. The molecule has 0 aliphatic rings. The van der Waals surface area contributed by atoms with Gasteiger partial charge in [0.25, 0.3) is 0 Å². The average Bonchev–Trinajstić information content (AvgIpc) is 2.29. The van der Waals surface area contributed by atoms with Crippen LogP contribution in [0.15, 0.2) is 12.1 Å². The Morgan fingerprint density at radius 2 is 2.29 bits per heavy atom. The van der Waals surface area contributed by atoms with E-state index in [9.17, 15) is 4.79 Å². The number of esters is 1. The predicted octanol–water partition coefficient (Wildman–Crippen LogP) is 1.73. The molecule has 0 saturated heterocycles. The molecule has 0 bridgehead atoms. The molecule has 0 aliphatic carbocycles. The molecule has 1 aromatic heterocycles. The molecule has 17 heavy (non-hydrogen) atoms. The molecule has 1 rings (SSSR count). The second-order valence-corrected chi connectivity index (χ2v) is 3.73. The Bertz CT molecular complexity index is 380. The SMILES string of the molecule is CCOC(=O)CCCNc1nc(C)ccc1N. The number of nitrogens with zero attached hydrogens (tertiary/aromatic N) is 1. The smallest absolute Gasteiger partial charge is 0.305 e. The third kappa shape index (κ3) is 4.72. The second-order valence-electron chi connectivity index (χ2n) is 3.73. The van der Waals surface area contributed by atoms with Gasteiger partial charge in [0.1, 0.15) is 5.82 Å². The Morgan fingerprint density at radius 3 is 3.00 bits per heavy atom. The molecule has 1 aromatic rings. The molecule has 1 heterocycles. The van der Waals surface area contributed by atoms with Crippen molar-refractivity contribution < 1.29 is 9.53 Å². The molecule has 5 heteroatoms. The highest BCUT2D eigenvalue weighted by Gasteiger charge is 2.03. The highest BCUT2D eigenvalue weighted by Crippen LogP contribution is 2.15. The molecule has 0 saturated carbocycles. The summed E-state index contributed by atoms with van der Waals surface area (Å²) >= 11 is 0. The maximum Gasteiger partial charge on any atom is 0.305 e. The van der Waals surface area contributed by atoms with E-state index >= 15 is 0 Å². The lowest BCUT2D eigenvalue weighted by Crippen LogP contribution is -2.10. The van der Waals surface area contributed by atoms with Gasteiger partial charge in [-0.25, -0.2) is 4.98 Å². The first-order valence-electron chi connectivity index (χ1n) is 5.76. The second kappa shape index (κ2) is 6.73. The first kappa shape index (κ1) is 13.3. The number of aromatic nitrogens is 1. The van der Waals surface area contributed by atoms with E-state index in [2.05, 4.69) is 10.3 Å². The van der Waals surface area contributed by atoms with Gasteiger partial charge in [-0.3, -0.25) is 4.79 Å². The van der Waals surface area contributed by atoms with Crippen LogP contribution in [0, 0.1) is 6.92 Å². The number of anilines is 2. The average molecular weight is 237 g/mol. The molecule has 94 valence electrons. The minimum absolute atomic E-state index is 0.167. The van der Waals surface area contributed by atoms with Crippen LogP contribution < -0.4 is 11.1 Å². The van der Waals surface area contributed by atoms with Crippen LogP contribution in [0.5, 0.6) is 0 Å². The van der Waals surface area contributed by atoms with Crippen molar-refractivity contribution in [2.45, 2.75) is 26.7 Å². The van der Waals surface area contributed by atoms with E-state index in [1.54, 1.807) is 6.92 Å². The molecule has 5 nitrogen and oxygen atoms in total. The van der Waals surface area contributed by atoms with Gasteiger partial charge in [0, 0.05) is 18.7 Å². The molecule has 0 aliphatic heterocycles. The highest BCUT2D eigenvalue weighted by atomic mass is 16.5. The summed E-state index contributed by atoms with van der Waals surface area (Å²) < 4.78 is 4.83. The van der Waals surface area contributed by atoms with Crippen LogP contribution in [0.1, 0.15) is 25.5 Å². The van der Waals surface area contributed by atoms with E-state index in [1.165, 1.54) is 0 Å². The van der Waals surface area contributed by atoms with E-state index in [-0.39, 0.29) is 5.97 Å². The van der Waals surface area contributed by atoms with Gasteiger partial charge in [0.2, 0.25) is 0 Å². The van der Waals surface area contributed by atoms with Crippen LogP contribution in [0.2, 0.25) is 0 Å². The number of ether oxygens (including phenoxy) is 1. The van der Waals surface area contributed by atoms with Crippen molar-refractivity contribution >= 4 is 17.5 Å². The zero-order chi connectivity index (χ0) is 12.7. The maximum absolute atomic E-state index is 11.1. The molecule has 0 radical (unpaired) electrons. The zero-order valence-corrected chi connectivity index (χ0v) is 10.3. The van der Waals surface area contributed by atoms with Gasteiger partial charge >= 0.3 is 5.97 Å². The van der Waals surface area contributed by atoms with Crippen molar-refractivity contribution in [3.8, 4) is 0 Å². The summed E-state index contributed by atoms with van der Waals surface area (Å²) in [5.41, 5.74) is 7.29. The standard InChI is InChI=1S/C12H19N3O2/c1-3-17-11(16)5-4-8-14-12-10(13)7-6-9(2)15-12/h6-7H,3-5,8,13H2,1-2H3,(H,14,15). The third-order valence-corrected chi connectivity index (χ3v) is 2.22. The highest BCUT2D eigenvalue weighted by molar-refractivity contribution is 5.69. The topological polar surface area (TPSA) is 77.2 Å². The quantitative estimate of drug-likeness (QED) is 0.582. The lowest BCUT2D eigenvalue weighted by Gasteiger charge is -2.08. The number of nitrogens with one attached hydrogen (secondary N) is 1. The van der Waals surface area contributed by atoms with Crippen LogP contribution in [0.25, 0.3) is 0 Å². The number of rotatable bonds is 6. The number of hydrogen-bond donors (Lipinski definition) is 2. The van der Waals surface area contributed by atoms with Crippen molar-refractivity contribution in [2.24, 2.45) is 0 Å². The summed E-state index contributed by atoms with van der Waals surface area (Å²) in [4.78, 5) is 15.4. The number of pyridine rings is 1. The minimum Gasteiger partial charge on any atom is -0.466 e. The fourth-order valence-corrected chi connectivity index (χ4v) is 1.38. The van der Waals surface area contributed by atoms with Gasteiger partial charge in [-0.05, 0) is 32.4 Å². The van der Waals surface area contributed by atoms with Crippen molar-refractivity contribution in [1.29, 1.82) is 0 Å². The molecule has 0 fully saturated rings. The van der Waals surface area contributed by atoms with E-state index < -0.39 is 0 Å². The van der Waals surface area contributed by atoms with Gasteiger partial charge in [-0.15, -0.1) is 0 Å². The lowest BCUT2D eigenvalue weighted by atomic mass is 10.3. The Labute approximate surface area is 101 Å². The predicted molar refractivity (Wildman–Crippen MR) is 67.7 cm³/mol. The Hall–Kier alpha value is -1.78. The first-order valence-corrected chi connectivity index (χ1v) is 5.76. The van der Waals surface area contributed by atoms with Crippen LogP contribution >= 0.6 is 0 Å². The number of carbonyl (C=O) groups is 1. The Balaban J connectivity index is 2.31. The molecule has 0 atom stereocenters. The zero-order valence-electron chi connectivity index (χ0n) is 10.3. The fraction of sp³-hybridized carbons (Fsp3) is 0.500. The number of carbonyl (C=O) groups excluding carboxylic acids is 1. The Kier molecular flexibility index (Phi) is 5.26. The van der Waals surface area contributed by atoms with Crippen LogP contribution in [0.3, 0.4) is 0 Å². The molecular weight excluding hydrogens is 218 g/mol. The van der Waals surface area contributed by atoms with Gasteiger partial charge in [-0.1, -0.05) is 0 Å².